The number of hydrogen-bond acceptors (Lipinski definition) is 2. The topological polar surface area (TPSA) is 38.3 Å². The molecule has 1 atom stereocenters. The Morgan fingerprint density at radius 1 is 1.56 bits per heavy atom. The lowest BCUT2D eigenvalue weighted by Crippen LogP contribution is -2.34. The molecule has 3 nitrogen and oxygen atoms in total. The Balaban J connectivity index is 2.09. The van der Waals surface area contributed by atoms with Gasteiger partial charge >= 0.3 is 0 Å². The molecule has 0 bridgehead atoms. The van der Waals surface area contributed by atoms with E-state index in [1.807, 2.05) is 0 Å². The Morgan fingerprint density at radius 3 is 2.88 bits per heavy atom. The summed E-state index contributed by atoms with van der Waals surface area (Å²) in [6, 6.07) is 0. The van der Waals surface area contributed by atoms with Gasteiger partial charge in [0.1, 0.15) is 0 Å². The van der Waals surface area contributed by atoms with E-state index in [9.17, 15) is 4.79 Å². The highest BCUT2D eigenvalue weighted by Crippen LogP contribution is 2.30. The Kier molecular flexibility index (Phi) is 5.56. The Bertz CT molecular complexity index is 221. The number of halogens is 1. The number of ether oxygens (including phenoxy) is 1. The summed E-state index contributed by atoms with van der Waals surface area (Å²) in [5, 5.41) is 2.85. The molecule has 1 aliphatic heterocycles. The third kappa shape index (κ3) is 5.17. The third-order valence-electron chi connectivity index (χ3n) is 2.96. The van der Waals surface area contributed by atoms with Crippen molar-refractivity contribution in [1.82, 2.24) is 5.32 Å². The molecule has 0 aromatic carbocycles. The molecule has 0 saturated carbocycles. The number of alkyl halides is 1. The van der Waals surface area contributed by atoms with Crippen LogP contribution in [-0.2, 0) is 9.53 Å². The van der Waals surface area contributed by atoms with Gasteiger partial charge in [-0.25, -0.2) is 0 Å². The summed E-state index contributed by atoms with van der Waals surface area (Å²) in [4.78, 5) is 11.2. The second-order valence-corrected chi connectivity index (χ2v) is 5.59. The maximum Gasteiger partial charge on any atom is 0.221 e. The maximum atomic E-state index is 11.2. The van der Waals surface area contributed by atoms with Gasteiger partial charge in [-0.3, -0.25) is 4.79 Å². The molecule has 1 unspecified atom stereocenters. The van der Waals surface area contributed by atoms with Crippen LogP contribution in [-0.4, -0.2) is 31.0 Å². The van der Waals surface area contributed by atoms with Gasteiger partial charge in [0.15, 0.2) is 0 Å². The Morgan fingerprint density at radius 2 is 2.31 bits per heavy atom. The van der Waals surface area contributed by atoms with E-state index in [0.717, 1.165) is 19.4 Å². The predicted octanol–water partition coefficient (Wildman–Crippen LogP) is 2.33. The zero-order valence-corrected chi connectivity index (χ0v) is 11.0. The summed E-state index contributed by atoms with van der Waals surface area (Å²) in [6.07, 6.45) is 3.92. The first-order valence-electron chi connectivity index (χ1n) is 5.98. The fraction of sp³-hybridized carbons (Fsp3) is 0.917. The van der Waals surface area contributed by atoms with E-state index in [0.29, 0.717) is 30.4 Å². The number of nitrogens with one attached hydrogen (secondary N) is 1. The van der Waals surface area contributed by atoms with Gasteiger partial charge in [0.2, 0.25) is 5.91 Å². The summed E-state index contributed by atoms with van der Waals surface area (Å²) in [6.45, 7) is 5.98. The van der Waals surface area contributed by atoms with Gasteiger partial charge in [0, 0.05) is 18.8 Å². The van der Waals surface area contributed by atoms with Crippen LogP contribution < -0.4 is 5.32 Å². The van der Waals surface area contributed by atoms with Crippen LogP contribution in [0.1, 0.15) is 39.5 Å². The normalized spacial score (nSPS) is 24.1. The van der Waals surface area contributed by atoms with E-state index >= 15 is 0 Å². The zero-order chi connectivity index (χ0) is 12.0. The van der Waals surface area contributed by atoms with E-state index in [4.69, 9.17) is 16.3 Å². The highest BCUT2D eigenvalue weighted by atomic mass is 35.5. The molecule has 0 radical (unpaired) electrons. The Hall–Kier alpha value is -0.280. The number of hydrogen-bond donors (Lipinski definition) is 1. The van der Waals surface area contributed by atoms with Crippen molar-refractivity contribution < 1.29 is 9.53 Å². The lowest BCUT2D eigenvalue weighted by Gasteiger charge is -2.34. The molecule has 0 aliphatic carbocycles. The highest BCUT2D eigenvalue weighted by molar-refractivity contribution is 6.18. The van der Waals surface area contributed by atoms with Gasteiger partial charge in [0.25, 0.3) is 0 Å². The van der Waals surface area contributed by atoms with Crippen molar-refractivity contribution in [2.24, 2.45) is 5.41 Å². The van der Waals surface area contributed by atoms with Crippen molar-refractivity contribution in [3.05, 3.63) is 0 Å². The molecular formula is C12H22ClNO2. The largest absolute Gasteiger partial charge is 0.378 e. The van der Waals surface area contributed by atoms with Gasteiger partial charge in [-0.15, -0.1) is 11.6 Å². The summed E-state index contributed by atoms with van der Waals surface area (Å²) < 4.78 is 5.76. The minimum atomic E-state index is 0.0335. The quantitative estimate of drug-likeness (QED) is 0.758. The lowest BCUT2D eigenvalue weighted by molar-refractivity contribution is -0.121. The number of amides is 1. The van der Waals surface area contributed by atoms with Gasteiger partial charge in [0.05, 0.1) is 12.7 Å². The van der Waals surface area contributed by atoms with E-state index < -0.39 is 0 Å². The second-order valence-electron chi connectivity index (χ2n) is 5.21. The van der Waals surface area contributed by atoms with Gasteiger partial charge < -0.3 is 10.1 Å². The number of rotatable bonds is 5. The van der Waals surface area contributed by atoms with Crippen molar-refractivity contribution >= 4 is 17.5 Å². The number of carbonyl (C=O) groups excluding carboxylic acids is 1. The SMILES string of the molecule is CC1(C)CCC(CCNC(=O)CCCl)OC1. The molecule has 1 aliphatic rings. The van der Waals surface area contributed by atoms with Crippen LogP contribution in [0, 0.1) is 5.41 Å². The molecular weight excluding hydrogens is 226 g/mol. The standard InChI is InChI=1S/C12H22ClNO2/c1-12(2)6-3-10(16-9-12)5-8-14-11(15)4-7-13/h10H,3-9H2,1-2H3,(H,14,15). The second kappa shape index (κ2) is 6.45. The van der Waals surface area contributed by atoms with Crippen LogP contribution in [0.25, 0.3) is 0 Å². The smallest absolute Gasteiger partial charge is 0.221 e. The van der Waals surface area contributed by atoms with Gasteiger partial charge in [-0.1, -0.05) is 13.8 Å². The molecule has 16 heavy (non-hydrogen) atoms. The van der Waals surface area contributed by atoms with E-state index in [2.05, 4.69) is 19.2 Å². The summed E-state index contributed by atoms with van der Waals surface area (Å²) in [5.74, 6) is 0.422. The molecule has 0 aromatic rings. The first kappa shape index (κ1) is 13.8. The molecule has 1 heterocycles. The molecule has 1 fully saturated rings. The minimum absolute atomic E-state index is 0.0335. The monoisotopic (exact) mass is 247 g/mol. The van der Waals surface area contributed by atoms with Crippen molar-refractivity contribution in [3.63, 3.8) is 0 Å². The van der Waals surface area contributed by atoms with Crippen LogP contribution in [0.2, 0.25) is 0 Å². The van der Waals surface area contributed by atoms with Crippen LogP contribution in [0.5, 0.6) is 0 Å². The molecule has 1 amide bonds. The minimum Gasteiger partial charge on any atom is -0.378 e. The van der Waals surface area contributed by atoms with Crippen LogP contribution in [0.3, 0.4) is 0 Å². The fourth-order valence-corrected chi connectivity index (χ4v) is 2.00. The average Bonchev–Trinajstić information content (AvgIpc) is 2.21. The van der Waals surface area contributed by atoms with Crippen molar-refractivity contribution in [1.29, 1.82) is 0 Å². The van der Waals surface area contributed by atoms with Gasteiger partial charge in [-0.2, -0.15) is 0 Å². The maximum absolute atomic E-state index is 11.2. The third-order valence-corrected chi connectivity index (χ3v) is 3.15. The molecule has 1 N–H and O–H groups in total. The molecule has 1 rings (SSSR count). The first-order valence-corrected chi connectivity index (χ1v) is 6.51. The van der Waals surface area contributed by atoms with E-state index in [1.54, 1.807) is 0 Å². The summed E-state index contributed by atoms with van der Waals surface area (Å²) in [5.41, 5.74) is 0.318. The van der Waals surface area contributed by atoms with Crippen LogP contribution >= 0.6 is 11.6 Å². The predicted molar refractivity (Wildman–Crippen MR) is 65.7 cm³/mol. The fourth-order valence-electron chi connectivity index (χ4n) is 1.83. The lowest BCUT2D eigenvalue weighted by atomic mass is 9.85. The molecule has 0 spiro atoms. The van der Waals surface area contributed by atoms with Gasteiger partial charge in [-0.05, 0) is 24.7 Å². The molecule has 1 saturated heterocycles. The first-order chi connectivity index (χ1) is 7.53. The van der Waals surface area contributed by atoms with Crippen LogP contribution in [0.15, 0.2) is 0 Å². The van der Waals surface area contributed by atoms with E-state index in [1.165, 1.54) is 6.42 Å². The summed E-state index contributed by atoms with van der Waals surface area (Å²) in [7, 11) is 0. The van der Waals surface area contributed by atoms with Crippen molar-refractivity contribution in [2.45, 2.75) is 45.6 Å². The highest BCUT2D eigenvalue weighted by Gasteiger charge is 2.27. The zero-order valence-electron chi connectivity index (χ0n) is 10.2. The van der Waals surface area contributed by atoms with Crippen molar-refractivity contribution in [2.75, 3.05) is 19.0 Å². The average molecular weight is 248 g/mol. The number of carbonyl (C=O) groups is 1. The van der Waals surface area contributed by atoms with E-state index in [-0.39, 0.29) is 5.91 Å². The molecule has 0 aromatic heterocycles. The molecule has 4 heteroatoms. The van der Waals surface area contributed by atoms with Crippen LogP contribution in [0.4, 0.5) is 0 Å². The Labute approximate surface area is 103 Å². The molecule has 94 valence electrons. The summed E-state index contributed by atoms with van der Waals surface area (Å²) >= 11 is 5.47. The van der Waals surface area contributed by atoms with Crippen molar-refractivity contribution in [3.8, 4) is 0 Å².